The van der Waals surface area contributed by atoms with Crippen LogP contribution >= 0.6 is 0 Å². The largest absolute Gasteiger partial charge is 0.369 e. The molecule has 0 aromatic carbocycles. The van der Waals surface area contributed by atoms with Gasteiger partial charge in [0.25, 0.3) is 0 Å². The van der Waals surface area contributed by atoms with Gasteiger partial charge in [-0.3, -0.25) is 9.59 Å². The maximum Gasteiger partial charge on any atom is 0.225 e. The molecule has 0 saturated carbocycles. The molecule has 1 unspecified atom stereocenters. The lowest BCUT2D eigenvalue weighted by Crippen LogP contribution is -2.39. The maximum atomic E-state index is 12.2. The van der Waals surface area contributed by atoms with Gasteiger partial charge in [0.2, 0.25) is 11.8 Å². The summed E-state index contributed by atoms with van der Waals surface area (Å²) < 4.78 is 0. The fourth-order valence-electron chi connectivity index (χ4n) is 2.84. The molecule has 3 N–H and O–H groups in total. The van der Waals surface area contributed by atoms with Crippen molar-refractivity contribution in [1.29, 1.82) is 0 Å². The molecule has 2 fully saturated rings. The molecule has 0 radical (unpaired) electrons. The van der Waals surface area contributed by atoms with Crippen molar-refractivity contribution in [1.82, 2.24) is 10.2 Å². The lowest BCUT2D eigenvalue weighted by Gasteiger charge is -2.25. The van der Waals surface area contributed by atoms with Crippen LogP contribution in [0.5, 0.6) is 0 Å². The van der Waals surface area contributed by atoms with E-state index in [9.17, 15) is 9.59 Å². The van der Waals surface area contributed by atoms with Crippen LogP contribution < -0.4 is 11.1 Å². The van der Waals surface area contributed by atoms with Crippen LogP contribution in [0.1, 0.15) is 32.6 Å². The summed E-state index contributed by atoms with van der Waals surface area (Å²) in [6.07, 6.45) is 3.47. The number of rotatable bonds is 3. The van der Waals surface area contributed by atoms with Crippen molar-refractivity contribution in [3.05, 3.63) is 0 Å². The average molecular weight is 253 g/mol. The van der Waals surface area contributed by atoms with Crippen molar-refractivity contribution in [2.75, 3.05) is 26.2 Å². The normalized spacial score (nSPS) is 29.5. The zero-order valence-corrected chi connectivity index (χ0v) is 11.1. The second-order valence-electron chi connectivity index (χ2n) is 5.89. The van der Waals surface area contributed by atoms with Crippen molar-refractivity contribution < 1.29 is 9.59 Å². The van der Waals surface area contributed by atoms with Crippen LogP contribution in [0.25, 0.3) is 0 Å². The third-order valence-electron chi connectivity index (χ3n) is 4.34. The monoisotopic (exact) mass is 253 g/mol. The van der Waals surface area contributed by atoms with Gasteiger partial charge in [-0.15, -0.1) is 0 Å². The Hall–Kier alpha value is -1.10. The highest BCUT2D eigenvalue weighted by atomic mass is 16.2. The van der Waals surface area contributed by atoms with Crippen LogP contribution in [0.2, 0.25) is 0 Å². The molecule has 1 atom stereocenters. The van der Waals surface area contributed by atoms with Crippen molar-refractivity contribution in [3.63, 3.8) is 0 Å². The summed E-state index contributed by atoms with van der Waals surface area (Å²) in [5.41, 5.74) is 4.87. The second kappa shape index (κ2) is 5.26. The molecule has 0 aromatic rings. The first kappa shape index (κ1) is 13.3. The fourth-order valence-corrected chi connectivity index (χ4v) is 2.84. The van der Waals surface area contributed by atoms with E-state index in [0.29, 0.717) is 31.8 Å². The van der Waals surface area contributed by atoms with Gasteiger partial charge >= 0.3 is 0 Å². The minimum atomic E-state index is -0.524. The third kappa shape index (κ3) is 2.83. The number of nitrogens with one attached hydrogen (secondary N) is 1. The maximum absolute atomic E-state index is 12.2. The topological polar surface area (TPSA) is 75.4 Å². The molecular formula is C13H23N3O2. The molecule has 2 amide bonds. The number of nitrogens with zero attached hydrogens (tertiary/aromatic N) is 1. The Morgan fingerprint density at radius 3 is 2.61 bits per heavy atom. The second-order valence-corrected chi connectivity index (χ2v) is 5.89. The Balaban J connectivity index is 1.85. The van der Waals surface area contributed by atoms with Gasteiger partial charge in [0.05, 0.1) is 5.41 Å². The molecule has 2 aliphatic heterocycles. The number of likely N-dealkylation sites (tertiary alicyclic amines) is 1. The molecule has 2 heterocycles. The number of piperidine rings is 1. The van der Waals surface area contributed by atoms with Gasteiger partial charge in [-0.2, -0.15) is 0 Å². The highest BCUT2D eigenvalue weighted by Crippen LogP contribution is 2.30. The van der Waals surface area contributed by atoms with Crippen LogP contribution in [-0.4, -0.2) is 42.9 Å². The zero-order valence-electron chi connectivity index (χ0n) is 11.1. The molecule has 2 saturated heterocycles. The van der Waals surface area contributed by atoms with Crippen molar-refractivity contribution in [2.45, 2.75) is 32.6 Å². The van der Waals surface area contributed by atoms with E-state index in [1.807, 2.05) is 11.8 Å². The molecule has 0 aromatic heterocycles. The Labute approximate surface area is 108 Å². The Morgan fingerprint density at radius 2 is 2.06 bits per heavy atom. The summed E-state index contributed by atoms with van der Waals surface area (Å²) in [6, 6.07) is 0. The average Bonchev–Trinajstić information content (AvgIpc) is 2.75. The van der Waals surface area contributed by atoms with Crippen LogP contribution in [0.3, 0.4) is 0 Å². The van der Waals surface area contributed by atoms with Crippen molar-refractivity contribution in [2.24, 2.45) is 17.1 Å². The number of amides is 2. The van der Waals surface area contributed by atoms with Crippen LogP contribution in [-0.2, 0) is 9.59 Å². The van der Waals surface area contributed by atoms with Gasteiger partial charge < -0.3 is 16.0 Å². The van der Waals surface area contributed by atoms with Crippen LogP contribution in [0.4, 0.5) is 0 Å². The van der Waals surface area contributed by atoms with E-state index in [0.717, 1.165) is 25.9 Å². The number of carbonyl (C=O) groups is 2. The molecule has 0 bridgehead atoms. The lowest BCUT2D eigenvalue weighted by atomic mass is 9.89. The summed E-state index contributed by atoms with van der Waals surface area (Å²) in [7, 11) is 0. The molecule has 5 heteroatoms. The number of hydrogen-bond donors (Lipinski definition) is 2. The van der Waals surface area contributed by atoms with E-state index in [2.05, 4.69) is 5.32 Å². The number of carbonyl (C=O) groups excluding carboxylic acids is 2. The highest BCUT2D eigenvalue weighted by molar-refractivity contribution is 5.83. The molecular weight excluding hydrogens is 230 g/mol. The summed E-state index contributed by atoms with van der Waals surface area (Å²) >= 11 is 0. The molecule has 0 spiro atoms. The molecule has 18 heavy (non-hydrogen) atoms. The van der Waals surface area contributed by atoms with E-state index in [-0.39, 0.29) is 11.8 Å². The summed E-state index contributed by atoms with van der Waals surface area (Å²) in [6.45, 7) is 5.04. The van der Waals surface area contributed by atoms with E-state index < -0.39 is 5.41 Å². The number of primary amides is 1. The predicted molar refractivity (Wildman–Crippen MR) is 68.7 cm³/mol. The quantitative estimate of drug-likeness (QED) is 0.749. The van der Waals surface area contributed by atoms with Gasteiger partial charge in [0.15, 0.2) is 0 Å². The third-order valence-corrected chi connectivity index (χ3v) is 4.34. The van der Waals surface area contributed by atoms with Crippen LogP contribution in [0, 0.1) is 11.3 Å². The van der Waals surface area contributed by atoms with Gasteiger partial charge in [0, 0.05) is 19.5 Å². The van der Waals surface area contributed by atoms with E-state index in [4.69, 9.17) is 5.73 Å². The van der Waals surface area contributed by atoms with Gasteiger partial charge in [-0.25, -0.2) is 0 Å². The lowest BCUT2D eigenvalue weighted by molar-refractivity contribution is -0.132. The number of nitrogens with two attached hydrogens (primary N) is 1. The molecule has 5 nitrogen and oxygen atoms in total. The van der Waals surface area contributed by atoms with Crippen molar-refractivity contribution >= 4 is 11.8 Å². The van der Waals surface area contributed by atoms with E-state index in [1.165, 1.54) is 0 Å². The molecule has 2 aliphatic rings. The molecule has 102 valence electrons. The first-order valence-corrected chi connectivity index (χ1v) is 6.80. The molecule has 0 aliphatic carbocycles. The van der Waals surface area contributed by atoms with Gasteiger partial charge in [0.1, 0.15) is 0 Å². The van der Waals surface area contributed by atoms with Crippen molar-refractivity contribution in [3.8, 4) is 0 Å². The van der Waals surface area contributed by atoms with E-state index in [1.54, 1.807) is 0 Å². The first-order valence-electron chi connectivity index (χ1n) is 6.80. The smallest absolute Gasteiger partial charge is 0.225 e. The van der Waals surface area contributed by atoms with Gasteiger partial charge in [-0.05, 0) is 45.2 Å². The summed E-state index contributed by atoms with van der Waals surface area (Å²) in [4.78, 5) is 25.3. The summed E-state index contributed by atoms with van der Waals surface area (Å²) in [5, 5.41) is 3.30. The fraction of sp³-hybridized carbons (Fsp3) is 0.846. The van der Waals surface area contributed by atoms with Gasteiger partial charge in [-0.1, -0.05) is 0 Å². The standard InChI is InChI=1S/C13H23N3O2/c1-13(12(14)18)4-7-16(9-13)11(17)8-10-2-5-15-6-3-10/h10,15H,2-9H2,1H3,(H2,14,18). The Bertz CT molecular complexity index is 339. The minimum Gasteiger partial charge on any atom is -0.369 e. The Morgan fingerprint density at radius 1 is 1.39 bits per heavy atom. The highest BCUT2D eigenvalue weighted by Gasteiger charge is 2.40. The Kier molecular flexibility index (Phi) is 3.90. The predicted octanol–water partition coefficient (Wildman–Crippen LogP) is 0.1000. The summed E-state index contributed by atoms with van der Waals surface area (Å²) in [5.74, 6) is 0.394. The zero-order chi connectivity index (χ0) is 13.2. The SMILES string of the molecule is CC1(C(N)=O)CCN(C(=O)CC2CCNCC2)C1. The first-order chi connectivity index (χ1) is 8.51. The number of hydrogen-bond acceptors (Lipinski definition) is 3. The van der Waals surface area contributed by atoms with E-state index >= 15 is 0 Å². The van der Waals surface area contributed by atoms with Crippen LogP contribution in [0.15, 0.2) is 0 Å². The molecule has 2 rings (SSSR count). The minimum absolute atomic E-state index is 0.187.